The maximum Gasteiger partial charge on any atom is 0.200 e. The van der Waals surface area contributed by atoms with Crippen molar-refractivity contribution in [2.75, 3.05) is 12.8 Å². The number of nitrogens with one attached hydrogen (secondary N) is 1. The van der Waals surface area contributed by atoms with Gasteiger partial charge in [0.1, 0.15) is 11.6 Å². The third kappa shape index (κ3) is 2.12. The molecule has 106 valence electrons. The zero-order valence-electron chi connectivity index (χ0n) is 11.3. The molecule has 1 aromatic heterocycles. The number of hydrogen-bond acceptors (Lipinski definition) is 3. The molecule has 0 aliphatic rings. The van der Waals surface area contributed by atoms with E-state index in [2.05, 4.69) is 4.98 Å². The summed E-state index contributed by atoms with van der Waals surface area (Å²) in [6.45, 7) is 0. The third-order valence-corrected chi connectivity index (χ3v) is 3.39. The van der Waals surface area contributed by atoms with Crippen LogP contribution in [0.2, 0.25) is 0 Å². The lowest BCUT2D eigenvalue weighted by atomic mass is 10.00. The van der Waals surface area contributed by atoms with Crippen molar-refractivity contribution < 1.29 is 13.9 Å². The van der Waals surface area contributed by atoms with E-state index >= 15 is 0 Å². The highest BCUT2D eigenvalue weighted by Gasteiger charge is 2.20. The first kappa shape index (κ1) is 13.2. The number of rotatable bonds is 3. The average molecular weight is 284 g/mol. The molecule has 0 amide bonds. The minimum absolute atomic E-state index is 0.261. The van der Waals surface area contributed by atoms with Crippen LogP contribution in [-0.4, -0.2) is 17.9 Å². The number of methoxy groups -OCH3 is 1. The van der Waals surface area contributed by atoms with Gasteiger partial charge in [-0.05, 0) is 30.3 Å². The number of H-pyrrole nitrogens is 1. The van der Waals surface area contributed by atoms with E-state index in [1.54, 1.807) is 30.5 Å². The quantitative estimate of drug-likeness (QED) is 0.573. The van der Waals surface area contributed by atoms with Gasteiger partial charge in [0.05, 0.1) is 12.7 Å². The molecule has 4 nitrogen and oxygen atoms in total. The number of carbonyl (C=O) groups is 1. The van der Waals surface area contributed by atoms with Crippen LogP contribution in [0.3, 0.4) is 0 Å². The summed E-state index contributed by atoms with van der Waals surface area (Å²) in [6, 6.07) is 9.27. The molecule has 3 N–H and O–H groups in total. The van der Waals surface area contributed by atoms with Crippen molar-refractivity contribution >= 4 is 22.4 Å². The minimum Gasteiger partial charge on any atom is -0.496 e. The fourth-order valence-corrected chi connectivity index (χ4v) is 2.38. The normalized spacial score (nSPS) is 10.8. The Kier molecular flexibility index (Phi) is 3.10. The largest absolute Gasteiger partial charge is 0.496 e. The summed E-state index contributed by atoms with van der Waals surface area (Å²) in [7, 11) is 1.48. The first-order valence-electron chi connectivity index (χ1n) is 6.35. The van der Waals surface area contributed by atoms with E-state index in [1.807, 2.05) is 0 Å². The SMILES string of the molecule is COc1cccc(N)c1C(=O)c1c[nH]c2cc(F)ccc12. The molecular formula is C16H13FN2O2. The van der Waals surface area contributed by atoms with E-state index in [-0.39, 0.29) is 11.6 Å². The summed E-state index contributed by atoms with van der Waals surface area (Å²) in [4.78, 5) is 15.6. The van der Waals surface area contributed by atoms with Gasteiger partial charge in [-0.15, -0.1) is 0 Å². The summed E-state index contributed by atoms with van der Waals surface area (Å²) in [5.74, 6) is -0.209. The van der Waals surface area contributed by atoms with Gasteiger partial charge >= 0.3 is 0 Å². The van der Waals surface area contributed by atoms with Crippen LogP contribution >= 0.6 is 0 Å². The highest BCUT2D eigenvalue weighted by atomic mass is 19.1. The smallest absolute Gasteiger partial charge is 0.200 e. The van der Waals surface area contributed by atoms with Gasteiger partial charge in [-0.3, -0.25) is 4.79 Å². The van der Waals surface area contributed by atoms with Crippen molar-refractivity contribution in [3.05, 3.63) is 59.5 Å². The summed E-state index contributed by atoms with van der Waals surface area (Å²) >= 11 is 0. The van der Waals surface area contributed by atoms with E-state index in [9.17, 15) is 9.18 Å². The molecule has 0 unspecified atom stereocenters. The van der Waals surface area contributed by atoms with Gasteiger partial charge in [-0.2, -0.15) is 0 Å². The molecule has 0 radical (unpaired) electrons. The summed E-state index contributed by atoms with van der Waals surface area (Å²) in [5, 5.41) is 0.645. The molecule has 21 heavy (non-hydrogen) atoms. The van der Waals surface area contributed by atoms with Gasteiger partial charge in [0, 0.05) is 28.4 Å². The molecule has 0 atom stereocenters. The van der Waals surface area contributed by atoms with Gasteiger partial charge in [0.25, 0.3) is 0 Å². The van der Waals surface area contributed by atoms with E-state index < -0.39 is 0 Å². The molecule has 0 aliphatic carbocycles. The number of halogens is 1. The molecule has 3 rings (SSSR count). The zero-order chi connectivity index (χ0) is 15.0. The Bertz CT molecular complexity index is 839. The molecule has 0 saturated heterocycles. The Morgan fingerprint density at radius 3 is 2.86 bits per heavy atom. The number of anilines is 1. The van der Waals surface area contributed by atoms with Crippen molar-refractivity contribution in [1.29, 1.82) is 0 Å². The van der Waals surface area contributed by atoms with Gasteiger partial charge in [-0.1, -0.05) is 6.07 Å². The average Bonchev–Trinajstić information content (AvgIpc) is 2.89. The Balaban J connectivity index is 2.18. The first-order valence-corrected chi connectivity index (χ1v) is 6.35. The fraction of sp³-hybridized carbons (Fsp3) is 0.0625. The molecule has 5 heteroatoms. The maximum absolute atomic E-state index is 13.2. The maximum atomic E-state index is 13.2. The van der Waals surface area contributed by atoms with Crippen LogP contribution in [0.4, 0.5) is 10.1 Å². The van der Waals surface area contributed by atoms with Crippen molar-refractivity contribution in [3.8, 4) is 5.75 Å². The fourth-order valence-electron chi connectivity index (χ4n) is 2.38. The standard InChI is InChI=1S/C16H13FN2O2/c1-21-14-4-2-3-12(18)15(14)16(20)11-8-19-13-7-9(17)5-6-10(11)13/h2-8,19H,18H2,1H3. The lowest BCUT2D eigenvalue weighted by molar-refractivity contribution is 0.103. The van der Waals surface area contributed by atoms with Crippen LogP contribution < -0.4 is 10.5 Å². The van der Waals surface area contributed by atoms with E-state index in [1.165, 1.54) is 19.2 Å². The summed E-state index contributed by atoms with van der Waals surface area (Å²) in [6.07, 6.45) is 1.55. The number of ketones is 1. The topological polar surface area (TPSA) is 68.1 Å². The van der Waals surface area contributed by atoms with Crippen LogP contribution in [0.5, 0.6) is 5.75 Å². The van der Waals surface area contributed by atoms with Crippen LogP contribution in [0, 0.1) is 5.82 Å². The number of nitrogen functional groups attached to an aromatic ring is 1. The predicted molar refractivity (Wildman–Crippen MR) is 79.1 cm³/mol. The Labute approximate surface area is 120 Å². The molecular weight excluding hydrogens is 271 g/mol. The second kappa shape index (κ2) is 4.94. The lowest BCUT2D eigenvalue weighted by Gasteiger charge is -2.09. The number of carbonyl (C=O) groups excluding carboxylic acids is 1. The summed E-state index contributed by atoms with van der Waals surface area (Å²) < 4.78 is 18.4. The Morgan fingerprint density at radius 1 is 1.29 bits per heavy atom. The summed E-state index contributed by atoms with van der Waals surface area (Å²) in [5.41, 5.74) is 7.55. The number of aromatic nitrogens is 1. The molecule has 0 spiro atoms. The second-order valence-electron chi connectivity index (χ2n) is 4.65. The van der Waals surface area contributed by atoms with Gasteiger partial charge < -0.3 is 15.5 Å². The second-order valence-corrected chi connectivity index (χ2v) is 4.65. The highest BCUT2D eigenvalue weighted by Crippen LogP contribution is 2.29. The number of fused-ring (bicyclic) bond motifs is 1. The van der Waals surface area contributed by atoms with E-state index in [0.717, 1.165) is 0 Å². The molecule has 2 aromatic carbocycles. The molecule has 0 aliphatic heterocycles. The van der Waals surface area contributed by atoms with Crippen molar-refractivity contribution in [2.45, 2.75) is 0 Å². The molecule has 0 fully saturated rings. The van der Waals surface area contributed by atoms with Gasteiger partial charge in [0.15, 0.2) is 0 Å². The number of nitrogens with two attached hydrogens (primary N) is 1. The molecule has 3 aromatic rings. The van der Waals surface area contributed by atoms with Crippen LogP contribution in [0.1, 0.15) is 15.9 Å². The third-order valence-electron chi connectivity index (χ3n) is 3.39. The van der Waals surface area contributed by atoms with Crippen molar-refractivity contribution in [2.24, 2.45) is 0 Å². The number of benzene rings is 2. The first-order chi connectivity index (χ1) is 10.1. The van der Waals surface area contributed by atoms with E-state index in [4.69, 9.17) is 10.5 Å². The van der Waals surface area contributed by atoms with Crippen LogP contribution in [-0.2, 0) is 0 Å². The predicted octanol–water partition coefficient (Wildman–Crippen LogP) is 3.13. The number of hydrogen-bond donors (Lipinski definition) is 2. The molecule has 1 heterocycles. The monoisotopic (exact) mass is 284 g/mol. The molecule has 0 saturated carbocycles. The number of ether oxygens (including phenoxy) is 1. The Hall–Kier alpha value is -2.82. The highest BCUT2D eigenvalue weighted by molar-refractivity contribution is 6.19. The Morgan fingerprint density at radius 2 is 2.10 bits per heavy atom. The van der Waals surface area contributed by atoms with E-state index in [0.29, 0.717) is 33.5 Å². The van der Waals surface area contributed by atoms with Gasteiger partial charge in [0.2, 0.25) is 5.78 Å². The molecule has 0 bridgehead atoms. The van der Waals surface area contributed by atoms with Gasteiger partial charge in [-0.25, -0.2) is 4.39 Å². The van der Waals surface area contributed by atoms with Crippen LogP contribution in [0.25, 0.3) is 10.9 Å². The van der Waals surface area contributed by atoms with Crippen molar-refractivity contribution in [3.63, 3.8) is 0 Å². The lowest BCUT2D eigenvalue weighted by Crippen LogP contribution is -2.07. The van der Waals surface area contributed by atoms with Crippen molar-refractivity contribution in [1.82, 2.24) is 4.98 Å². The zero-order valence-corrected chi connectivity index (χ0v) is 11.3. The number of aromatic amines is 1. The minimum atomic E-state index is -0.361. The van der Waals surface area contributed by atoms with Crippen LogP contribution in [0.15, 0.2) is 42.6 Å².